The van der Waals surface area contributed by atoms with Gasteiger partial charge in [0.25, 0.3) is 0 Å². The largest absolute Gasteiger partial charge is 0.326 e. The number of nitrogens with zero attached hydrogens (tertiary/aromatic N) is 1. The van der Waals surface area contributed by atoms with Crippen molar-refractivity contribution in [1.29, 1.82) is 0 Å². The predicted octanol–water partition coefficient (Wildman–Crippen LogP) is 0.898. The molecule has 1 aliphatic rings. The molecule has 17 heavy (non-hydrogen) atoms. The van der Waals surface area contributed by atoms with Gasteiger partial charge in [-0.1, -0.05) is 24.3 Å². The zero-order valence-electron chi connectivity index (χ0n) is 10.6. The number of likely N-dealkylation sites (tertiary alicyclic amines) is 1. The fourth-order valence-corrected chi connectivity index (χ4v) is 2.63. The minimum atomic E-state index is 0.246. The molecule has 0 spiro atoms. The van der Waals surface area contributed by atoms with Gasteiger partial charge in [-0.05, 0) is 30.9 Å². The first kappa shape index (κ1) is 12.6. The van der Waals surface area contributed by atoms with Crippen LogP contribution in [-0.2, 0) is 6.42 Å². The van der Waals surface area contributed by atoms with Gasteiger partial charge in [-0.3, -0.25) is 4.90 Å². The lowest BCUT2D eigenvalue weighted by atomic mass is 10.0. The molecule has 0 saturated carbocycles. The van der Waals surface area contributed by atoms with Crippen LogP contribution in [0.1, 0.15) is 17.5 Å². The van der Waals surface area contributed by atoms with Crippen molar-refractivity contribution in [1.82, 2.24) is 4.90 Å². The smallest absolute Gasteiger partial charge is 0.0183 e. The second kappa shape index (κ2) is 5.63. The summed E-state index contributed by atoms with van der Waals surface area (Å²) in [7, 11) is 0. The van der Waals surface area contributed by atoms with Crippen LogP contribution in [0.5, 0.6) is 0 Å². The van der Waals surface area contributed by atoms with Gasteiger partial charge in [-0.2, -0.15) is 0 Å². The van der Waals surface area contributed by atoms with Crippen molar-refractivity contribution in [2.75, 3.05) is 19.6 Å². The molecular weight excluding hydrogens is 210 g/mol. The predicted molar refractivity (Wildman–Crippen MR) is 71.9 cm³/mol. The van der Waals surface area contributed by atoms with E-state index in [2.05, 4.69) is 36.1 Å². The van der Waals surface area contributed by atoms with E-state index in [9.17, 15) is 0 Å². The van der Waals surface area contributed by atoms with Gasteiger partial charge in [0, 0.05) is 31.7 Å². The lowest BCUT2D eigenvalue weighted by Crippen LogP contribution is -2.52. The highest BCUT2D eigenvalue weighted by molar-refractivity contribution is 5.25. The average Bonchev–Trinajstić information content (AvgIpc) is 2.27. The topological polar surface area (TPSA) is 55.3 Å². The maximum atomic E-state index is 5.99. The Morgan fingerprint density at radius 3 is 2.47 bits per heavy atom. The van der Waals surface area contributed by atoms with Gasteiger partial charge in [-0.15, -0.1) is 0 Å². The van der Waals surface area contributed by atoms with Crippen molar-refractivity contribution in [3.8, 4) is 0 Å². The molecule has 0 amide bonds. The highest BCUT2D eigenvalue weighted by atomic mass is 15.2. The van der Waals surface area contributed by atoms with Crippen molar-refractivity contribution < 1.29 is 0 Å². The van der Waals surface area contributed by atoms with Crippen LogP contribution in [0.2, 0.25) is 0 Å². The minimum Gasteiger partial charge on any atom is -0.326 e. The Labute approximate surface area is 104 Å². The lowest BCUT2D eigenvalue weighted by molar-refractivity contribution is 0.192. The monoisotopic (exact) mass is 233 g/mol. The highest BCUT2D eigenvalue weighted by Gasteiger charge is 2.21. The molecule has 0 aromatic heterocycles. The summed E-state index contributed by atoms with van der Waals surface area (Å²) in [6.07, 6.45) is 2.05. The van der Waals surface area contributed by atoms with Crippen molar-refractivity contribution >= 4 is 0 Å². The van der Waals surface area contributed by atoms with Crippen LogP contribution < -0.4 is 11.5 Å². The zero-order valence-corrected chi connectivity index (χ0v) is 10.6. The zero-order chi connectivity index (χ0) is 12.3. The molecule has 4 N–H and O–H groups in total. The van der Waals surface area contributed by atoms with E-state index < -0.39 is 0 Å². The molecule has 0 radical (unpaired) electrons. The van der Waals surface area contributed by atoms with E-state index in [1.54, 1.807) is 0 Å². The minimum absolute atomic E-state index is 0.246. The van der Waals surface area contributed by atoms with Gasteiger partial charge in [0.2, 0.25) is 0 Å². The Morgan fingerprint density at radius 1 is 1.18 bits per heavy atom. The number of benzene rings is 1. The normalized spacial score (nSPS) is 26.1. The summed E-state index contributed by atoms with van der Waals surface area (Å²) in [6.45, 7) is 5.20. The van der Waals surface area contributed by atoms with Gasteiger partial charge in [0.1, 0.15) is 0 Å². The number of hydrogen-bond donors (Lipinski definition) is 2. The Morgan fingerprint density at radius 2 is 1.82 bits per heavy atom. The van der Waals surface area contributed by atoms with E-state index in [1.165, 1.54) is 11.1 Å². The molecule has 1 aromatic rings. The fourth-order valence-electron chi connectivity index (χ4n) is 2.63. The second-order valence-corrected chi connectivity index (χ2v) is 5.19. The lowest BCUT2D eigenvalue weighted by Gasteiger charge is -2.34. The van der Waals surface area contributed by atoms with E-state index in [-0.39, 0.29) is 12.1 Å². The van der Waals surface area contributed by atoms with Crippen LogP contribution in [0.4, 0.5) is 0 Å². The summed E-state index contributed by atoms with van der Waals surface area (Å²) in [5, 5.41) is 0. The van der Waals surface area contributed by atoms with E-state index in [0.717, 1.165) is 32.5 Å². The molecule has 1 aliphatic heterocycles. The van der Waals surface area contributed by atoms with Crippen molar-refractivity contribution in [3.05, 3.63) is 35.4 Å². The number of piperidine rings is 1. The second-order valence-electron chi connectivity index (χ2n) is 5.19. The molecule has 1 aromatic carbocycles. The van der Waals surface area contributed by atoms with Crippen LogP contribution in [0.3, 0.4) is 0 Å². The van der Waals surface area contributed by atoms with Gasteiger partial charge >= 0.3 is 0 Å². The summed E-state index contributed by atoms with van der Waals surface area (Å²) in [5.41, 5.74) is 14.8. The summed E-state index contributed by atoms with van der Waals surface area (Å²) < 4.78 is 0. The van der Waals surface area contributed by atoms with Crippen LogP contribution >= 0.6 is 0 Å². The number of hydrogen-bond acceptors (Lipinski definition) is 3. The summed E-state index contributed by atoms with van der Waals surface area (Å²) in [6, 6.07) is 9.07. The molecule has 1 heterocycles. The molecule has 0 aliphatic carbocycles. The molecule has 1 saturated heterocycles. The first-order chi connectivity index (χ1) is 8.15. The highest BCUT2D eigenvalue weighted by Crippen LogP contribution is 2.11. The maximum Gasteiger partial charge on any atom is 0.0183 e. The van der Waals surface area contributed by atoms with Gasteiger partial charge in [0.15, 0.2) is 0 Å². The molecule has 0 unspecified atom stereocenters. The standard InChI is InChI=1S/C14H23N3/c1-11-4-2-3-5-12(11)6-7-17-9-13(15)8-14(16)10-17/h2-5,13-14H,6-10,15-16H2,1H3/t13-,14+. The third-order valence-electron chi connectivity index (χ3n) is 3.55. The Balaban J connectivity index is 1.88. The van der Waals surface area contributed by atoms with E-state index in [1.807, 2.05) is 0 Å². The Hall–Kier alpha value is -0.900. The van der Waals surface area contributed by atoms with E-state index >= 15 is 0 Å². The average molecular weight is 233 g/mol. The van der Waals surface area contributed by atoms with Crippen LogP contribution in [-0.4, -0.2) is 36.6 Å². The molecule has 2 atom stereocenters. The van der Waals surface area contributed by atoms with Gasteiger partial charge in [-0.25, -0.2) is 0 Å². The van der Waals surface area contributed by atoms with E-state index in [0.29, 0.717) is 0 Å². The van der Waals surface area contributed by atoms with Gasteiger partial charge < -0.3 is 11.5 Å². The summed E-state index contributed by atoms with van der Waals surface area (Å²) >= 11 is 0. The molecule has 1 fully saturated rings. The molecule has 3 heteroatoms. The van der Waals surface area contributed by atoms with Crippen molar-refractivity contribution in [2.45, 2.75) is 31.8 Å². The molecule has 94 valence electrons. The Bertz CT molecular complexity index is 354. The van der Waals surface area contributed by atoms with Crippen LogP contribution in [0, 0.1) is 6.92 Å². The molecule has 2 rings (SSSR count). The number of nitrogens with two attached hydrogens (primary N) is 2. The summed E-state index contributed by atoms with van der Waals surface area (Å²) in [5.74, 6) is 0. The molecule has 0 bridgehead atoms. The van der Waals surface area contributed by atoms with Crippen molar-refractivity contribution in [2.24, 2.45) is 11.5 Å². The third kappa shape index (κ3) is 3.53. The quantitative estimate of drug-likeness (QED) is 0.815. The first-order valence-electron chi connectivity index (χ1n) is 6.43. The first-order valence-corrected chi connectivity index (χ1v) is 6.43. The van der Waals surface area contributed by atoms with E-state index in [4.69, 9.17) is 11.5 Å². The SMILES string of the molecule is Cc1ccccc1CCN1C[C@H](N)C[C@H](N)C1. The van der Waals surface area contributed by atoms with Crippen LogP contribution in [0.25, 0.3) is 0 Å². The molecule has 3 nitrogen and oxygen atoms in total. The Kier molecular flexibility index (Phi) is 4.15. The number of aryl methyl sites for hydroxylation is 1. The molecular formula is C14H23N3. The fraction of sp³-hybridized carbons (Fsp3) is 0.571. The van der Waals surface area contributed by atoms with Crippen molar-refractivity contribution in [3.63, 3.8) is 0 Å². The summed E-state index contributed by atoms with van der Waals surface area (Å²) in [4.78, 5) is 2.39. The third-order valence-corrected chi connectivity index (χ3v) is 3.55. The van der Waals surface area contributed by atoms with Gasteiger partial charge in [0.05, 0.1) is 0 Å². The maximum absolute atomic E-state index is 5.99. The number of rotatable bonds is 3. The van der Waals surface area contributed by atoms with Crippen LogP contribution in [0.15, 0.2) is 24.3 Å².